The topological polar surface area (TPSA) is 77.8 Å². The van der Waals surface area contributed by atoms with Gasteiger partial charge in [-0.25, -0.2) is 0 Å². The largest absolute Gasteiger partial charge is 0.337 e. The highest BCUT2D eigenvalue weighted by Crippen LogP contribution is 2.17. The molecule has 0 aliphatic carbocycles. The lowest BCUT2D eigenvalue weighted by Crippen LogP contribution is -2.08. The molecule has 0 radical (unpaired) electrons. The molecule has 0 unspecified atom stereocenters. The summed E-state index contributed by atoms with van der Waals surface area (Å²) in [5.41, 5.74) is 7.61. The van der Waals surface area contributed by atoms with Gasteiger partial charge in [-0.15, -0.1) is 0 Å². The summed E-state index contributed by atoms with van der Waals surface area (Å²) < 4.78 is 5.09. The molecule has 0 aliphatic heterocycles. The Labute approximate surface area is 93.7 Å². The maximum absolute atomic E-state index is 5.80. The summed E-state index contributed by atoms with van der Waals surface area (Å²) in [7, 11) is 0. The van der Waals surface area contributed by atoms with Crippen LogP contribution in [-0.2, 0) is 0 Å². The third kappa shape index (κ3) is 2.09. The molecule has 0 saturated heterocycles. The molecule has 2 N–H and O–H groups in total. The van der Waals surface area contributed by atoms with Crippen LogP contribution in [0.4, 0.5) is 0 Å². The summed E-state index contributed by atoms with van der Waals surface area (Å²) in [5.74, 6) is 0.948. The zero-order valence-corrected chi connectivity index (χ0v) is 9.34. The molecule has 84 valence electrons. The van der Waals surface area contributed by atoms with Gasteiger partial charge in [0.15, 0.2) is 0 Å². The van der Waals surface area contributed by atoms with Crippen molar-refractivity contribution in [1.29, 1.82) is 0 Å². The Bertz CT molecular complexity index is 480. The van der Waals surface area contributed by atoms with E-state index in [-0.39, 0.29) is 6.04 Å². The van der Waals surface area contributed by atoms with Crippen molar-refractivity contribution in [2.45, 2.75) is 26.3 Å². The van der Waals surface area contributed by atoms with Crippen LogP contribution in [0.25, 0.3) is 11.5 Å². The molecule has 1 atom stereocenters. The van der Waals surface area contributed by atoms with Gasteiger partial charge in [0.05, 0.1) is 6.04 Å². The fourth-order valence-electron chi connectivity index (χ4n) is 1.32. The van der Waals surface area contributed by atoms with Gasteiger partial charge in [-0.3, -0.25) is 4.98 Å². The standard InChI is InChI=1S/C11H14N4O/c1-3-8(12)11-14-10(15-16-11)9-6-7(2)4-5-13-9/h4-6,8H,3,12H2,1-2H3/t8-/m1/s1. The highest BCUT2D eigenvalue weighted by Gasteiger charge is 2.14. The van der Waals surface area contributed by atoms with Crippen molar-refractivity contribution in [2.75, 3.05) is 0 Å². The lowest BCUT2D eigenvalue weighted by atomic mass is 10.2. The van der Waals surface area contributed by atoms with E-state index >= 15 is 0 Å². The minimum Gasteiger partial charge on any atom is -0.337 e. The SMILES string of the molecule is CC[C@@H](N)c1nc(-c2cc(C)ccn2)no1. The minimum absolute atomic E-state index is 0.203. The molecule has 0 spiro atoms. The van der Waals surface area contributed by atoms with Gasteiger partial charge in [-0.05, 0) is 31.0 Å². The van der Waals surface area contributed by atoms with Crippen molar-refractivity contribution in [1.82, 2.24) is 15.1 Å². The van der Waals surface area contributed by atoms with E-state index in [2.05, 4.69) is 15.1 Å². The Hall–Kier alpha value is -1.75. The number of nitrogens with zero attached hydrogens (tertiary/aromatic N) is 3. The van der Waals surface area contributed by atoms with E-state index in [0.717, 1.165) is 12.0 Å². The van der Waals surface area contributed by atoms with E-state index < -0.39 is 0 Å². The molecular formula is C11H14N4O. The highest BCUT2D eigenvalue weighted by atomic mass is 16.5. The van der Waals surface area contributed by atoms with Crippen LogP contribution >= 0.6 is 0 Å². The molecule has 5 nitrogen and oxygen atoms in total. The van der Waals surface area contributed by atoms with Crippen molar-refractivity contribution in [3.05, 3.63) is 29.8 Å². The number of hydrogen-bond acceptors (Lipinski definition) is 5. The van der Waals surface area contributed by atoms with Crippen LogP contribution in [0.3, 0.4) is 0 Å². The number of aromatic nitrogens is 3. The van der Waals surface area contributed by atoms with Crippen LogP contribution in [0.2, 0.25) is 0 Å². The van der Waals surface area contributed by atoms with Crippen LogP contribution in [0.5, 0.6) is 0 Å². The van der Waals surface area contributed by atoms with Gasteiger partial charge in [0.25, 0.3) is 0 Å². The van der Waals surface area contributed by atoms with E-state index in [1.165, 1.54) is 0 Å². The molecular weight excluding hydrogens is 204 g/mol. The number of pyridine rings is 1. The summed E-state index contributed by atoms with van der Waals surface area (Å²) in [6.07, 6.45) is 2.49. The van der Waals surface area contributed by atoms with Crippen molar-refractivity contribution < 1.29 is 4.52 Å². The van der Waals surface area contributed by atoms with Crippen LogP contribution in [0, 0.1) is 6.92 Å². The second kappa shape index (κ2) is 4.40. The van der Waals surface area contributed by atoms with Crippen molar-refractivity contribution in [3.8, 4) is 11.5 Å². The van der Waals surface area contributed by atoms with Gasteiger partial charge in [0, 0.05) is 6.20 Å². The number of aryl methyl sites for hydroxylation is 1. The molecule has 0 bridgehead atoms. The fourth-order valence-corrected chi connectivity index (χ4v) is 1.32. The molecule has 2 aromatic rings. The summed E-state index contributed by atoms with van der Waals surface area (Å²) in [4.78, 5) is 8.41. The van der Waals surface area contributed by atoms with Gasteiger partial charge in [-0.2, -0.15) is 4.98 Å². The van der Waals surface area contributed by atoms with Gasteiger partial charge in [0.2, 0.25) is 11.7 Å². The van der Waals surface area contributed by atoms with Crippen molar-refractivity contribution in [2.24, 2.45) is 5.73 Å². The van der Waals surface area contributed by atoms with Crippen LogP contribution < -0.4 is 5.73 Å². The summed E-state index contributed by atoms with van der Waals surface area (Å²) in [6.45, 7) is 3.96. The molecule has 5 heteroatoms. The Balaban J connectivity index is 2.31. The Morgan fingerprint density at radius 1 is 1.50 bits per heavy atom. The maximum Gasteiger partial charge on any atom is 0.243 e. The van der Waals surface area contributed by atoms with Gasteiger partial charge in [-0.1, -0.05) is 12.1 Å². The molecule has 0 aromatic carbocycles. The van der Waals surface area contributed by atoms with Gasteiger partial charge >= 0.3 is 0 Å². The second-order valence-electron chi connectivity index (χ2n) is 3.69. The average Bonchev–Trinajstić information content (AvgIpc) is 2.77. The third-order valence-electron chi connectivity index (χ3n) is 2.34. The maximum atomic E-state index is 5.80. The van der Waals surface area contributed by atoms with E-state index in [9.17, 15) is 0 Å². The monoisotopic (exact) mass is 218 g/mol. The first-order chi connectivity index (χ1) is 7.70. The normalized spacial score (nSPS) is 12.7. The first-order valence-electron chi connectivity index (χ1n) is 5.23. The first kappa shape index (κ1) is 10.8. The Morgan fingerprint density at radius 3 is 3.00 bits per heavy atom. The lowest BCUT2D eigenvalue weighted by Gasteiger charge is -1.99. The van der Waals surface area contributed by atoms with Crippen LogP contribution in [0.15, 0.2) is 22.9 Å². The molecule has 16 heavy (non-hydrogen) atoms. The Morgan fingerprint density at radius 2 is 2.31 bits per heavy atom. The van der Waals surface area contributed by atoms with Crippen LogP contribution in [0.1, 0.15) is 30.8 Å². The van der Waals surface area contributed by atoms with Crippen molar-refractivity contribution in [3.63, 3.8) is 0 Å². The summed E-state index contributed by atoms with van der Waals surface area (Å²) >= 11 is 0. The first-order valence-corrected chi connectivity index (χ1v) is 5.23. The quantitative estimate of drug-likeness (QED) is 0.850. The number of rotatable bonds is 3. The second-order valence-corrected chi connectivity index (χ2v) is 3.69. The lowest BCUT2D eigenvalue weighted by molar-refractivity contribution is 0.352. The highest BCUT2D eigenvalue weighted by molar-refractivity contribution is 5.48. The summed E-state index contributed by atoms with van der Waals surface area (Å²) in [5, 5.41) is 3.87. The van der Waals surface area contributed by atoms with E-state index in [1.807, 2.05) is 26.0 Å². The number of nitrogens with two attached hydrogens (primary N) is 1. The van der Waals surface area contributed by atoms with E-state index in [1.54, 1.807) is 6.20 Å². The third-order valence-corrected chi connectivity index (χ3v) is 2.34. The van der Waals surface area contributed by atoms with Gasteiger partial charge in [0.1, 0.15) is 5.69 Å². The molecule has 0 aliphatic rings. The molecule has 2 aromatic heterocycles. The molecule has 2 heterocycles. The van der Waals surface area contributed by atoms with E-state index in [4.69, 9.17) is 10.3 Å². The smallest absolute Gasteiger partial charge is 0.243 e. The predicted molar refractivity (Wildman–Crippen MR) is 59.5 cm³/mol. The molecule has 0 saturated carbocycles. The van der Waals surface area contributed by atoms with Gasteiger partial charge < -0.3 is 10.3 Å². The number of hydrogen-bond donors (Lipinski definition) is 1. The Kier molecular flexibility index (Phi) is 2.96. The van der Waals surface area contributed by atoms with Crippen LogP contribution in [-0.4, -0.2) is 15.1 Å². The zero-order chi connectivity index (χ0) is 11.5. The molecule has 0 fully saturated rings. The molecule has 0 amide bonds. The average molecular weight is 218 g/mol. The van der Waals surface area contributed by atoms with Crippen molar-refractivity contribution >= 4 is 0 Å². The minimum atomic E-state index is -0.203. The van der Waals surface area contributed by atoms with E-state index in [0.29, 0.717) is 17.4 Å². The predicted octanol–water partition coefficient (Wildman–Crippen LogP) is 1.85. The summed E-state index contributed by atoms with van der Waals surface area (Å²) in [6, 6.07) is 3.63. The fraction of sp³-hybridized carbons (Fsp3) is 0.364. The molecule has 2 rings (SSSR count). The zero-order valence-electron chi connectivity index (χ0n) is 9.34.